The summed E-state index contributed by atoms with van der Waals surface area (Å²) in [4.78, 5) is 14.5. The summed E-state index contributed by atoms with van der Waals surface area (Å²) in [5.41, 5.74) is -1.16. The largest absolute Gasteiger partial charge is 0.481 e. The summed E-state index contributed by atoms with van der Waals surface area (Å²) in [6.45, 7) is 0. The van der Waals surface area contributed by atoms with Crippen LogP contribution in [0.25, 0.3) is 0 Å². The number of carboxylic acids is 1. The van der Waals surface area contributed by atoms with Crippen LogP contribution in [0.4, 0.5) is 13.2 Å². The molecular formula is C12H11BrF3NO2S. The third kappa shape index (κ3) is 3.88. The number of aromatic nitrogens is 1. The van der Waals surface area contributed by atoms with Crippen molar-refractivity contribution in [1.82, 2.24) is 4.98 Å². The van der Waals surface area contributed by atoms with E-state index in [9.17, 15) is 18.0 Å². The van der Waals surface area contributed by atoms with Crippen LogP contribution in [-0.4, -0.2) is 21.8 Å². The fraction of sp³-hybridized carbons (Fsp3) is 0.500. The number of halogens is 4. The highest BCUT2D eigenvalue weighted by atomic mass is 79.9. The topological polar surface area (TPSA) is 50.2 Å². The number of hydrogen-bond donors (Lipinski definition) is 1. The molecule has 8 heteroatoms. The van der Waals surface area contributed by atoms with Gasteiger partial charge >= 0.3 is 12.1 Å². The maximum atomic E-state index is 12.9. The predicted octanol–water partition coefficient (Wildman–Crippen LogP) is 4.21. The first-order valence-corrected chi connectivity index (χ1v) is 7.57. The highest BCUT2D eigenvalue weighted by Gasteiger charge is 2.45. The fourth-order valence-corrected chi connectivity index (χ4v) is 3.46. The van der Waals surface area contributed by atoms with Crippen molar-refractivity contribution in [2.24, 2.45) is 5.41 Å². The van der Waals surface area contributed by atoms with Crippen molar-refractivity contribution in [2.45, 2.75) is 30.5 Å². The Morgan fingerprint density at radius 3 is 2.65 bits per heavy atom. The molecule has 3 nitrogen and oxygen atoms in total. The number of thioether (sulfide) groups is 1. The van der Waals surface area contributed by atoms with E-state index in [1.807, 2.05) is 0 Å². The highest BCUT2D eigenvalue weighted by molar-refractivity contribution is 9.10. The molecule has 0 atom stereocenters. The molecule has 1 saturated carbocycles. The molecule has 20 heavy (non-hydrogen) atoms. The van der Waals surface area contributed by atoms with Crippen LogP contribution in [0, 0.1) is 5.41 Å². The third-order valence-electron chi connectivity index (χ3n) is 3.12. The second-order valence-corrected chi connectivity index (χ2v) is 6.74. The number of carbonyl (C=O) groups is 1. The molecule has 0 aromatic carbocycles. The average Bonchev–Trinajstić information content (AvgIpc) is 3.05. The molecule has 2 rings (SSSR count). The molecule has 0 radical (unpaired) electrons. The van der Waals surface area contributed by atoms with Crippen LogP contribution in [0.5, 0.6) is 0 Å². The van der Waals surface area contributed by atoms with E-state index < -0.39 is 17.7 Å². The van der Waals surface area contributed by atoms with Gasteiger partial charge in [0, 0.05) is 16.4 Å². The summed E-state index contributed by atoms with van der Waals surface area (Å²) in [5.74, 6) is -0.570. The zero-order chi connectivity index (χ0) is 15.0. The van der Waals surface area contributed by atoms with Crippen LogP contribution < -0.4 is 0 Å². The maximum Gasteiger partial charge on any atom is 0.419 e. The molecule has 1 aliphatic rings. The molecule has 1 fully saturated rings. The van der Waals surface area contributed by atoms with Gasteiger partial charge in [0.05, 0.1) is 12.0 Å². The van der Waals surface area contributed by atoms with E-state index in [2.05, 4.69) is 20.9 Å². The number of aliphatic carboxylic acids is 1. The van der Waals surface area contributed by atoms with Crippen molar-refractivity contribution in [3.63, 3.8) is 0 Å². The minimum atomic E-state index is -4.47. The van der Waals surface area contributed by atoms with Gasteiger partial charge in [-0.1, -0.05) is 0 Å². The number of carboxylic acid groups (broad SMARTS) is 1. The number of rotatable bonds is 5. The van der Waals surface area contributed by atoms with Gasteiger partial charge in [-0.2, -0.15) is 13.2 Å². The Labute approximate surface area is 126 Å². The van der Waals surface area contributed by atoms with E-state index in [4.69, 9.17) is 5.11 Å². The molecular weight excluding hydrogens is 359 g/mol. The molecule has 1 aromatic heterocycles. The highest BCUT2D eigenvalue weighted by Crippen LogP contribution is 2.52. The first kappa shape index (κ1) is 15.6. The minimum Gasteiger partial charge on any atom is -0.481 e. The van der Waals surface area contributed by atoms with Crippen LogP contribution in [0.1, 0.15) is 24.8 Å². The zero-order valence-corrected chi connectivity index (χ0v) is 12.6. The summed E-state index contributed by atoms with van der Waals surface area (Å²) >= 11 is 3.95. The van der Waals surface area contributed by atoms with Crippen molar-refractivity contribution < 1.29 is 23.1 Å². The SMILES string of the molecule is O=C(O)CC1(CSc2ncc(Br)cc2C(F)(F)F)CC1. The molecule has 0 amide bonds. The lowest BCUT2D eigenvalue weighted by atomic mass is 10.1. The second kappa shape index (κ2) is 5.55. The van der Waals surface area contributed by atoms with Gasteiger partial charge in [0.1, 0.15) is 5.03 Å². The Morgan fingerprint density at radius 1 is 1.50 bits per heavy atom. The first-order valence-electron chi connectivity index (χ1n) is 5.79. The van der Waals surface area contributed by atoms with Crippen molar-refractivity contribution in [1.29, 1.82) is 0 Å². The summed E-state index contributed by atoms with van der Waals surface area (Å²) in [7, 11) is 0. The third-order valence-corrected chi connectivity index (χ3v) is 4.91. The Hall–Kier alpha value is -0.760. The van der Waals surface area contributed by atoms with Crippen molar-refractivity contribution in [3.8, 4) is 0 Å². The van der Waals surface area contributed by atoms with Crippen LogP contribution in [0.2, 0.25) is 0 Å². The Bertz CT molecular complexity index is 532. The van der Waals surface area contributed by atoms with Gasteiger partial charge < -0.3 is 5.11 Å². The van der Waals surface area contributed by atoms with Gasteiger partial charge in [0.15, 0.2) is 0 Å². The number of hydrogen-bond acceptors (Lipinski definition) is 3. The lowest BCUT2D eigenvalue weighted by Crippen LogP contribution is -2.13. The number of nitrogens with zero attached hydrogens (tertiary/aromatic N) is 1. The molecule has 0 aliphatic heterocycles. The second-order valence-electron chi connectivity index (χ2n) is 4.86. The van der Waals surface area contributed by atoms with Gasteiger partial charge in [-0.3, -0.25) is 4.79 Å². The zero-order valence-electron chi connectivity index (χ0n) is 10.2. The lowest BCUT2D eigenvalue weighted by Gasteiger charge is -2.15. The standard InChI is InChI=1S/C12H11BrF3NO2S/c13-7-3-8(12(14,15)16)10(17-5-7)20-6-11(1-2-11)4-9(18)19/h3,5H,1-2,4,6H2,(H,18,19). The first-order chi connectivity index (χ1) is 9.22. The molecule has 1 aliphatic carbocycles. The fourth-order valence-electron chi connectivity index (χ4n) is 1.84. The van der Waals surface area contributed by atoms with Gasteiger partial charge in [-0.25, -0.2) is 4.98 Å². The molecule has 0 spiro atoms. The Balaban J connectivity index is 2.12. The van der Waals surface area contributed by atoms with E-state index in [1.165, 1.54) is 6.20 Å². The summed E-state index contributed by atoms with van der Waals surface area (Å²) in [6.07, 6.45) is -1.68. The molecule has 1 aromatic rings. The molecule has 0 unspecified atom stereocenters. The van der Waals surface area contributed by atoms with E-state index >= 15 is 0 Å². The summed E-state index contributed by atoms with van der Waals surface area (Å²) in [5, 5.41) is 8.70. The van der Waals surface area contributed by atoms with Crippen molar-refractivity contribution in [2.75, 3.05) is 5.75 Å². The summed E-state index contributed by atoms with van der Waals surface area (Å²) in [6, 6.07) is 0.992. The van der Waals surface area contributed by atoms with Gasteiger partial charge in [0.25, 0.3) is 0 Å². The lowest BCUT2D eigenvalue weighted by molar-refractivity contribution is -0.140. The smallest absolute Gasteiger partial charge is 0.419 e. The molecule has 0 bridgehead atoms. The van der Waals surface area contributed by atoms with Crippen LogP contribution >= 0.6 is 27.7 Å². The molecule has 1 N–H and O–H groups in total. The molecule has 110 valence electrons. The predicted molar refractivity (Wildman–Crippen MR) is 71.6 cm³/mol. The minimum absolute atomic E-state index is 0.00210. The quantitative estimate of drug-likeness (QED) is 0.789. The Kier molecular flexibility index (Phi) is 4.34. The van der Waals surface area contributed by atoms with Crippen molar-refractivity contribution in [3.05, 3.63) is 22.3 Å². The van der Waals surface area contributed by atoms with Crippen LogP contribution in [0.15, 0.2) is 21.8 Å². The maximum absolute atomic E-state index is 12.9. The number of alkyl halides is 3. The van der Waals surface area contributed by atoms with Gasteiger partial charge in [-0.05, 0) is 40.3 Å². The Morgan fingerprint density at radius 2 is 2.15 bits per heavy atom. The van der Waals surface area contributed by atoms with Crippen molar-refractivity contribution >= 4 is 33.7 Å². The average molecular weight is 370 g/mol. The normalized spacial score (nSPS) is 17.0. The van der Waals surface area contributed by atoms with E-state index in [0.717, 1.165) is 30.7 Å². The van der Waals surface area contributed by atoms with E-state index in [1.54, 1.807) is 0 Å². The van der Waals surface area contributed by atoms with E-state index in [0.29, 0.717) is 5.75 Å². The molecule has 1 heterocycles. The monoisotopic (exact) mass is 369 g/mol. The van der Waals surface area contributed by atoms with Gasteiger partial charge in [0.2, 0.25) is 0 Å². The van der Waals surface area contributed by atoms with Crippen LogP contribution in [0.3, 0.4) is 0 Å². The van der Waals surface area contributed by atoms with Crippen LogP contribution in [-0.2, 0) is 11.0 Å². The molecule has 0 saturated heterocycles. The van der Waals surface area contributed by atoms with Gasteiger partial charge in [-0.15, -0.1) is 11.8 Å². The van der Waals surface area contributed by atoms with E-state index in [-0.39, 0.29) is 21.3 Å². The number of pyridine rings is 1. The summed E-state index contributed by atoms with van der Waals surface area (Å²) < 4.78 is 39.0.